The van der Waals surface area contributed by atoms with Gasteiger partial charge in [0, 0.05) is 17.5 Å². The number of ether oxygens (including phenoxy) is 1. The van der Waals surface area contributed by atoms with Gasteiger partial charge in [-0.15, -0.1) is 11.8 Å². The van der Waals surface area contributed by atoms with Crippen molar-refractivity contribution in [3.05, 3.63) is 66.8 Å². The van der Waals surface area contributed by atoms with Crippen LogP contribution in [0.4, 0.5) is 5.69 Å². The molecule has 1 N–H and O–H groups in total. The summed E-state index contributed by atoms with van der Waals surface area (Å²) in [5.74, 6) is -2.28. The predicted octanol–water partition coefficient (Wildman–Crippen LogP) is 3.95. The molecular formula is C31H34N2O5S. The van der Waals surface area contributed by atoms with Gasteiger partial charge < -0.3 is 19.6 Å². The van der Waals surface area contributed by atoms with Crippen molar-refractivity contribution in [2.75, 3.05) is 24.7 Å². The smallest absolute Gasteiger partial charge is 0.311 e. The molecule has 2 amide bonds. The molecule has 4 aliphatic heterocycles. The summed E-state index contributed by atoms with van der Waals surface area (Å²) in [6.07, 6.45) is 9.35. The lowest BCUT2D eigenvalue weighted by molar-refractivity contribution is -0.153. The van der Waals surface area contributed by atoms with Crippen molar-refractivity contribution in [2.24, 2.45) is 17.8 Å². The molecule has 1 unspecified atom stereocenters. The van der Waals surface area contributed by atoms with Crippen LogP contribution in [-0.2, 0) is 19.1 Å². The minimum atomic E-state index is -0.941. The number of anilines is 1. The number of amides is 2. The Morgan fingerprint density at radius 3 is 2.67 bits per heavy atom. The fraction of sp³-hybridized carbons (Fsp3) is 0.452. The highest BCUT2D eigenvalue weighted by Crippen LogP contribution is 2.61. The summed E-state index contributed by atoms with van der Waals surface area (Å²) in [4.78, 5) is 45.8. The van der Waals surface area contributed by atoms with Crippen LogP contribution in [0.1, 0.15) is 26.7 Å². The molecule has 1 spiro atoms. The highest BCUT2D eigenvalue weighted by atomic mass is 32.2. The molecule has 2 saturated heterocycles. The molecule has 0 bridgehead atoms. The highest BCUT2D eigenvalue weighted by molar-refractivity contribution is 8.02. The van der Waals surface area contributed by atoms with Gasteiger partial charge in [-0.1, -0.05) is 74.9 Å². The van der Waals surface area contributed by atoms with Crippen LogP contribution >= 0.6 is 11.8 Å². The van der Waals surface area contributed by atoms with E-state index < -0.39 is 28.7 Å². The van der Waals surface area contributed by atoms with E-state index in [0.717, 1.165) is 22.9 Å². The van der Waals surface area contributed by atoms with Crippen LogP contribution in [0, 0.1) is 17.8 Å². The number of likely N-dealkylation sites (tertiary alicyclic amines) is 1. The molecule has 4 heterocycles. The zero-order valence-corrected chi connectivity index (χ0v) is 23.0. The monoisotopic (exact) mass is 546 g/mol. The molecule has 39 heavy (non-hydrogen) atoms. The molecule has 2 fully saturated rings. The van der Waals surface area contributed by atoms with E-state index in [0.29, 0.717) is 13.0 Å². The van der Waals surface area contributed by atoms with E-state index in [1.807, 2.05) is 80.6 Å². The summed E-state index contributed by atoms with van der Waals surface area (Å²) in [5.41, 5.74) is 0.758. The van der Waals surface area contributed by atoms with Gasteiger partial charge in [-0.3, -0.25) is 14.4 Å². The average Bonchev–Trinajstić information content (AvgIpc) is 3.32. The minimum Gasteiger partial charge on any atom is -0.465 e. The molecule has 0 aliphatic carbocycles. The summed E-state index contributed by atoms with van der Waals surface area (Å²) in [6, 6.07) is 12.6. The van der Waals surface area contributed by atoms with Crippen LogP contribution in [0.5, 0.6) is 0 Å². The first-order valence-corrected chi connectivity index (χ1v) is 14.7. The second-order valence-electron chi connectivity index (χ2n) is 11.0. The van der Waals surface area contributed by atoms with Crippen molar-refractivity contribution in [3.8, 4) is 0 Å². The highest BCUT2D eigenvalue weighted by Gasteiger charge is 2.72. The van der Waals surface area contributed by atoms with Gasteiger partial charge >= 0.3 is 5.97 Å². The molecule has 204 valence electrons. The van der Waals surface area contributed by atoms with E-state index in [4.69, 9.17) is 4.74 Å². The molecule has 0 radical (unpaired) electrons. The summed E-state index contributed by atoms with van der Waals surface area (Å²) in [6.45, 7) is 4.39. The normalized spacial score (nSPS) is 31.7. The fourth-order valence-corrected chi connectivity index (χ4v) is 8.78. The zero-order chi connectivity index (χ0) is 27.3. The van der Waals surface area contributed by atoms with Gasteiger partial charge in [-0.2, -0.15) is 0 Å². The summed E-state index contributed by atoms with van der Waals surface area (Å²) in [5, 5.41) is 12.4. The Bertz CT molecular complexity index is 1370. The number of benzene rings is 2. The molecule has 0 saturated carbocycles. The van der Waals surface area contributed by atoms with Crippen molar-refractivity contribution < 1.29 is 24.2 Å². The number of fused-ring (bicyclic) bond motifs is 3. The number of carbonyl (C=O) groups excluding carboxylic acids is 3. The van der Waals surface area contributed by atoms with Crippen LogP contribution in [0.3, 0.4) is 0 Å². The van der Waals surface area contributed by atoms with Gasteiger partial charge in [0.15, 0.2) is 0 Å². The van der Waals surface area contributed by atoms with Crippen LogP contribution in [0.25, 0.3) is 10.8 Å². The fourth-order valence-electron chi connectivity index (χ4n) is 6.79. The third kappa shape index (κ3) is 4.02. The van der Waals surface area contributed by atoms with E-state index in [1.165, 1.54) is 11.8 Å². The number of thioether (sulfide) groups is 1. The maximum absolute atomic E-state index is 14.7. The number of aliphatic hydroxyl groups is 1. The second kappa shape index (κ2) is 10.1. The zero-order valence-electron chi connectivity index (χ0n) is 22.2. The van der Waals surface area contributed by atoms with Crippen molar-refractivity contribution >= 4 is 46.0 Å². The molecule has 6 rings (SSSR count). The Labute approximate surface area is 232 Å². The third-order valence-corrected chi connectivity index (χ3v) is 10.7. The van der Waals surface area contributed by atoms with E-state index >= 15 is 0 Å². The van der Waals surface area contributed by atoms with Gasteiger partial charge in [0.1, 0.15) is 6.04 Å². The number of hydrogen-bond donors (Lipinski definition) is 1. The molecule has 4 aliphatic rings. The van der Waals surface area contributed by atoms with Crippen LogP contribution in [0.2, 0.25) is 0 Å². The van der Waals surface area contributed by atoms with Gasteiger partial charge in [-0.05, 0) is 35.2 Å². The first kappa shape index (κ1) is 26.1. The maximum atomic E-state index is 14.7. The van der Waals surface area contributed by atoms with E-state index in [2.05, 4.69) is 0 Å². The molecule has 7 nitrogen and oxygen atoms in total. The standard InChI is InChI=1S/C31H34N2O5S/c1-3-19(2)23(18-34)33-27-29(36)32(22-13-12-20-9-4-5-10-21(20)17-22)15-8-14-31(27)26(28(33)35)25-24(39-31)11-6-7-16-38-30(25)37/h4-6,8-14,17,19,23-27,34H,3,7,15-16,18H2,1-2H3/t19-,23-,24-,25+,26-,27?,31-/m0/s1. The number of cyclic esters (lactones) is 1. The Morgan fingerprint density at radius 1 is 1.10 bits per heavy atom. The minimum absolute atomic E-state index is 0.0334. The average molecular weight is 547 g/mol. The van der Waals surface area contributed by atoms with Crippen LogP contribution in [-0.4, -0.2) is 69.6 Å². The van der Waals surface area contributed by atoms with Gasteiger partial charge in [0.25, 0.3) is 5.91 Å². The Hall–Kier alpha value is -3.10. The van der Waals surface area contributed by atoms with E-state index in [1.54, 1.807) is 9.80 Å². The Balaban J connectivity index is 1.49. The topological polar surface area (TPSA) is 87.2 Å². The summed E-state index contributed by atoms with van der Waals surface area (Å²) in [7, 11) is 0. The number of nitrogens with zero attached hydrogens (tertiary/aromatic N) is 2. The molecular weight excluding hydrogens is 512 g/mol. The number of carbonyl (C=O) groups is 3. The molecule has 2 aromatic rings. The molecule has 0 aromatic heterocycles. The van der Waals surface area contributed by atoms with Crippen LogP contribution in [0.15, 0.2) is 66.8 Å². The largest absolute Gasteiger partial charge is 0.465 e. The SMILES string of the molecule is CC[C@H](C)[C@H](CO)N1C(=O)[C@@H]2[C@@H]3C(=O)OCCC=C[C@@H]3S[C@@]23C=CCN(c2ccc4ccccc4c2)C(=O)C13. The molecule has 7 atom stereocenters. The van der Waals surface area contributed by atoms with Gasteiger partial charge in [0.2, 0.25) is 5.91 Å². The van der Waals surface area contributed by atoms with E-state index in [9.17, 15) is 19.5 Å². The Kier molecular flexibility index (Phi) is 6.79. The number of rotatable bonds is 5. The lowest BCUT2D eigenvalue weighted by Gasteiger charge is -2.40. The lowest BCUT2D eigenvalue weighted by Crippen LogP contribution is -2.58. The van der Waals surface area contributed by atoms with Crippen molar-refractivity contribution in [2.45, 2.75) is 48.8 Å². The number of aliphatic hydroxyl groups excluding tert-OH is 1. The van der Waals surface area contributed by atoms with Crippen molar-refractivity contribution in [1.29, 1.82) is 0 Å². The predicted molar refractivity (Wildman–Crippen MR) is 152 cm³/mol. The maximum Gasteiger partial charge on any atom is 0.311 e. The number of esters is 1. The first-order chi connectivity index (χ1) is 18.9. The second-order valence-corrected chi connectivity index (χ2v) is 12.5. The van der Waals surface area contributed by atoms with E-state index in [-0.39, 0.29) is 42.2 Å². The lowest BCUT2D eigenvalue weighted by atomic mass is 9.78. The Morgan fingerprint density at radius 2 is 1.90 bits per heavy atom. The first-order valence-electron chi connectivity index (χ1n) is 13.8. The van der Waals surface area contributed by atoms with Crippen LogP contribution < -0.4 is 4.90 Å². The number of hydrogen-bond acceptors (Lipinski definition) is 6. The summed E-state index contributed by atoms with van der Waals surface area (Å²) < 4.78 is 4.63. The third-order valence-electron chi connectivity index (χ3n) is 8.95. The molecule has 2 aromatic carbocycles. The quantitative estimate of drug-likeness (QED) is 0.452. The summed E-state index contributed by atoms with van der Waals surface area (Å²) >= 11 is 1.53. The van der Waals surface area contributed by atoms with Gasteiger partial charge in [-0.25, -0.2) is 0 Å². The van der Waals surface area contributed by atoms with Crippen molar-refractivity contribution in [3.63, 3.8) is 0 Å². The van der Waals surface area contributed by atoms with Crippen molar-refractivity contribution in [1.82, 2.24) is 4.90 Å². The molecule has 8 heteroatoms. The van der Waals surface area contributed by atoms with Gasteiger partial charge in [0.05, 0.1) is 35.8 Å².